The van der Waals surface area contributed by atoms with E-state index < -0.39 is 23.4 Å². The first-order valence-corrected chi connectivity index (χ1v) is 13.6. The lowest BCUT2D eigenvalue weighted by atomic mass is 9.93. The van der Waals surface area contributed by atoms with Crippen molar-refractivity contribution in [2.24, 2.45) is 0 Å². The second kappa shape index (κ2) is 10.8. The standard InChI is InChI=1S/C30H26ClFN2O4S/c1-17-26(33-29(36)38-18(2)19-7-5-4-6-8-19)27(39-34-17)23-15-24(31)22(16-25(23)32)20-9-11-21(12-10-20)30(13-14-30)28(35)37-3/h4-12,15-16,18H,13-14H2,1-3H3,(H,33,36). The maximum atomic E-state index is 15.5. The fourth-order valence-electron chi connectivity index (χ4n) is 4.63. The lowest BCUT2D eigenvalue weighted by Gasteiger charge is -2.15. The second-order valence-electron chi connectivity index (χ2n) is 9.52. The van der Waals surface area contributed by atoms with Crippen LogP contribution in [0.5, 0.6) is 0 Å². The molecule has 0 aliphatic heterocycles. The molecule has 0 saturated heterocycles. The minimum absolute atomic E-state index is 0.222. The van der Waals surface area contributed by atoms with Gasteiger partial charge in [-0.15, -0.1) is 0 Å². The smallest absolute Gasteiger partial charge is 0.412 e. The number of amides is 1. The first kappa shape index (κ1) is 26.8. The van der Waals surface area contributed by atoms with Gasteiger partial charge in [0.2, 0.25) is 0 Å². The quantitative estimate of drug-likeness (QED) is 0.229. The number of halogens is 2. The Morgan fingerprint density at radius 3 is 2.41 bits per heavy atom. The van der Waals surface area contributed by atoms with E-state index in [-0.39, 0.29) is 11.5 Å². The van der Waals surface area contributed by atoms with E-state index in [9.17, 15) is 9.59 Å². The van der Waals surface area contributed by atoms with Crippen LogP contribution in [-0.2, 0) is 19.7 Å². The Bertz CT molecular complexity index is 1530. The molecule has 200 valence electrons. The molecule has 1 heterocycles. The van der Waals surface area contributed by atoms with Crippen LogP contribution in [0.25, 0.3) is 21.6 Å². The lowest BCUT2D eigenvalue weighted by molar-refractivity contribution is -0.143. The molecule has 1 N–H and O–H groups in total. The van der Waals surface area contributed by atoms with Gasteiger partial charge in [0.1, 0.15) is 11.9 Å². The van der Waals surface area contributed by atoms with Gasteiger partial charge in [-0.25, -0.2) is 9.18 Å². The first-order valence-electron chi connectivity index (χ1n) is 12.4. The molecule has 3 aromatic carbocycles. The van der Waals surface area contributed by atoms with E-state index in [0.717, 1.165) is 35.5 Å². The summed E-state index contributed by atoms with van der Waals surface area (Å²) in [5.41, 5.74) is 3.50. The van der Waals surface area contributed by atoms with Crippen molar-refractivity contribution in [3.05, 3.63) is 94.4 Å². The monoisotopic (exact) mass is 564 g/mol. The predicted octanol–water partition coefficient (Wildman–Crippen LogP) is 8.09. The fraction of sp³-hybridized carbons (Fsp3) is 0.233. The zero-order chi connectivity index (χ0) is 27.7. The van der Waals surface area contributed by atoms with E-state index >= 15 is 4.39 Å². The number of nitrogens with one attached hydrogen (secondary N) is 1. The van der Waals surface area contributed by atoms with Gasteiger partial charge in [-0.05, 0) is 67.0 Å². The van der Waals surface area contributed by atoms with E-state index in [4.69, 9.17) is 21.1 Å². The Labute approximate surface area is 234 Å². The number of rotatable bonds is 7. The van der Waals surface area contributed by atoms with Gasteiger partial charge < -0.3 is 9.47 Å². The van der Waals surface area contributed by atoms with Gasteiger partial charge >= 0.3 is 12.1 Å². The van der Waals surface area contributed by atoms with Crippen LogP contribution in [0, 0.1) is 12.7 Å². The summed E-state index contributed by atoms with van der Waals surface area (Å²) in [4.78, 5) is 25.3. The molecule has 39 heavy (non-hydrogen) atoms. The third-order valence-corrected chi connectivity index (χ3v) is 8.30. The highest BCUT2D eigenvalue weighted by molar-refractivity contribution is 7.10. The summed E-state index contributed by atoms with van der Waals surface area (Å²) < 4.78 is 30.3. The van der Waals surface area contributed by atoms with Crippen molar-refractivity contribution < 1.29 is 23.5 Å². The van der Waals surface area contributed by atoms with Crippen molar-refractivity contribution in [1.82, 2.24) is 4.37 Å². The molecule has 6 nitrogen and oxygen atoms in total. The Morgan fingerprint density at radius 2 is 1.77 bits per heavy atom. The number of aromatic nitrogens is 1. The van der Waals surface area contributed by atoms with E-state index in [1.54, 1.807) is 13.8 Å². The number of ether oxygens (including phenoxy) is 2. The number of methoxy groups -OCH3 is 1. The average molecular weight is 565 g/mol. The van der Waals surface area contributed by atoms with Crippen LogP contribution >= 0.6 is 23.1 Å². The summed E-state index contributed by atoms with van der Waals surface area (Å²) in [6.45, 7) is 3.51. The molecule has 5 rings (SSSR count). The largest absolute Gasteiger partial charge is 0.468 e. The molecule has 1 aliphatic rings. The number of aryl methyl sites for hydroxylation is 1. The minimum Gasteiger partial charge on any atom is -0.468 e. The highest BCUT2D eigenvalue weighted by atomic mass is 35.5. The summed E-state index contributed by atoms with van der Waals surface area (Å²) in [5, 5.41) is 3.07. The molecule has 1 fully saturated rings. The van der Waals surface area contributed by atoms with Crippen LogP contribution in [0.1, 0.15) is 42.7 Å². The van der Waals surface area contributed by atoms with Crippen molar-refractivity contribution in [3.63, 3.8) is 0 Å². The first-order chi connectivity index (χ1) is 18.7. The molecule has 1 saturated carbocycles. The van der Waals surface area contributed by atoms with Crippen LogP contribution < -0.4 is 5.32 Å². The minimum atomic E-state index is -0.667. The summed E-state index contributed by atoms with van der Waals surface area (Å²) in [6.07, 6.45) is 0.346. The number of esters is 1. The molecule has 1 aromatic heterocycles. The Balaban J connectivity index is 1.38. The van der Waals surface area contributed by atoms with Gasteiger partial charge in [-0.2, -0.15) is 4.37 Å². The SMILES string of the molecule is COC(=O)C1(c2ccc(-c3cc(F)c(-c4snc(C)c4NC(=O)OC(C)c4ccccc4)cc3Cl)cc2)CC1. The average Bonchev–Trinajstić information content (AvgIpc) is 3.69. The van der Waals surface area contributed by atoms with Crippen LogP contribution in [-0.4, -0.2) is 23.5 Å². The summed E-state index contributed by atoms with van der Waals surface area (Å²) >= 11 is 7.70. The van der Waals surface area contributed by atoms with Crippen molar-refractivity contribution in [2.75, 3.05) is 12.4 Å². The van der Waals surface area contributed by atoms with Gasteiger partial charge in [0.25, 0.3) is 0 Å². The zero-order valence-corrected chi connectivity index (χ0v) is 23.2. The predicted molar refractivity (Wildman–Crippen MR) is 151 cm³/mol. The van der Waals surface area contributed by atoms with Crippen LogP contribution in [0.3, 0.4) is 0 Å². The lowest BCUT2D eigenvalue weighted by Crippen LogP contribution is -2.21. The maximum absolute atomic E-state index is 15.5. The third-order valence-electron chi connectivity index (χ3n) is 7.02. The molecular formula is C30H26ClFN2O4S. The Hall–Kier alpha value is -3.75. The van der Waals surface area contributed by atoms with Gasteiger partial charge in [0, 0.05) is 16.1 Å². The number of hydrogen-bond donors (Lipinski definition) is 1. The van der Waals surface area contributed by atoms with Crippen LogP contribution in [0.2, 0.25) is 5.02 Å². The molecule has 1 unspecified atom stereocenters. The van der Waals surface area contributed by atoms with E-state index in [2.05, 4.69) is 9.69 Å². The number of anilines is 1. The van der Waals surface area contributed by atoms with E-state index in [1.807, 2.05) is 54.6 Å². The highest BCUT2D eigenvalue weighted by Crippen LogP contribution is 2.49. The van der Waals surface area contributed by atoms with Crippen molar-refractivity contribution in [2.45, 2.75) is 38.2 Å². The van der Waals surface area contributed by atoms with Crippen molar-refractivity contribution in [3.8, 4) is 21.6 Å². The van der Waals surface area contributed by atoms with Crippen LogP contribution in [0.15, 0.2) is 66.7 Å². The van der Waals surface area contributed by atoms with Crippen molar-refractivity contribution >= 4 is 40.9 Å². The number of carbonyl (C=O) groups is 2. The van der Waals surface area contributed by atoms with Gasteiger partial charge in [-0.3, -0.25) is 10.1 Å². The van der Waals surface area contributed by atoms with Crippen LogP contribution in [0.4, 0.5) is 14.9 Å². The van der Waals surface area contributed by atoms with Gasteiger partial charge in [0.05, 0.1) is 28.8 Å². The summed E-state index contributed by atoms with van der Waals surface area (Å²) in [6, 6.07) is 19.6. The molecule has 4 aromatic rings. The van der Waals surface area contributed by atoms with Crippen molar-refractivity contribution in [1.29, 1.82) is 0 Å². The molecular weight excluding hydrogens is 539 g/mol. The summed E-state index contributed by atoms with van der Waals surface area (Å²) in [5.74, 6) is -0.754. The van der Waals surface area contributed by atoms with Gasteiger partial charge in [0.15, 0.2) is 0 Å². The Kier molecular flexibility index (Phi) is 7.42. The zero-order valence-electron chi connectivity index (χ0n) is 21.6. The molecule has 1 aliphatic carbocycles. The summed E-state index contributed by atoms with van der Waals surface area (Å²) in [7, 11) is 1.39. The third kappa shape index (κ3) is 5.27. The number of carbonyl (C=O) groups excluding carboxylic acids is 2. The van der Waals surface area contributed by atoms with Gasteiger partial charge in [-0.1, -0.05) is 66.2 Å². The van der Waals surface area contributed by atoms with E-state index in [0.29, 0.717) is 32.4 Å². The molecule has 1 atom stereocenters. The normalized spacial score (nSPS) is 14.4. The second-order valence-corrected chi connectivity index (χ2v) is 10.7. The Morgan fingerprint density at radius 1 is 1.08 bits per heavy atom. The van der Waals surface area contributed by atoms with E-state index in [1.165, 1.54) is 19.2 Å². The highest BCUT2D eigenvalue weighted by Gasteiger charge is 2.52. The maximum Gasteiger partial charge on any atom is 0.412 e. The fourth-order valence-corrected chi connectivity index (χ4v) is 5.76. The topological polar surface area (TPSA) is 77.5 Å². The molecule has 0 bridgehead atoms. The molecule has 9 heteroatoms. The molecule has 0 radical (unpaired) electrons. The number of nitrogens with zero attached hydrogens (tertiary/aromatic N) is 1. The molecule has 0 spiro atoms. The molecule has 1 amide bonds. The number of benzene rings is 3. The number of hydrogen-bond acceptors (Lipinski definition) is 6.